The maximum absolute atomic E-state index is 2.33. The molecular weight excluding hydrogens is 577 g/mol. The van der Waals surface area contributed by atoms with Crippen LogP contribution in [0, 0.1) is 0 Å². The molecule has 0 saturated carbocycles. The lowest BCUT2D eigenvalue weighted by atomic mass is 10.0. The zero-order chi connectivity index (χ0) is 29.7. The Morgan fingerprint density at radius 1 is 0.326 bits per heavy atom. The summed E-state index contributed by atoms with van der Waals surface area (Å²) in [7, 11) is 0. The van der Waals surface area contributed by atoms with Gasteiger partial charge >= 0.3 is 0 Å². The van der Waals surface area contributed by atoms with Crippen LogP contribution in [0.3, 0.4) is 0 Å². The first-order valence-electron chi connectivity index (χ1n) is 16.7. The Morgan fingerprint density at radius 3 is 1.00 bits per heavy atom. The van der Waals surface area contributed by atoms with Crippen molar-refractivity contribution in [2.24, 2.45) is 0 Å². The summed E-state index contributed by atoms with van der Waals surface area (Å²) in [6.07, 6.45) is 18.7. The highest BCUT2D eigenvalue weighted by Gasteiger charge is 2.11. The van der Waals surface area contributed by atoms with Gasteiger partial charge in [-0.25, -0.2) is 0 Å². The number of unbranched alkanes of at least 4 members (excludes halogenated alkanes) is 10. The molecule has 3 heteroatoms. The van der Waals surface area contributed by atoms with Gasteiger partial charge in [-0.2, -0.15) is 0 Å². The van der Waals surface area contributed by atoms with Gasteiger partial charge in [-0.05, 0) is 84.3 Å². The largest absolute Gasteiger partial charge is 0.134 e. The maximum Gasteiger partial charge on any atom is 0.0449 e. The average Bonchev–Trinajstić information content (AvgIpc) is 3.82. The number of rotatable bonds is 18. The van der Waals surface area contributed by atoms with E-state index < -0.39 is 0 Å². The highest BCUT2D eigenvalue weighted by atomic mass is 32.1. The second-order valence-electron chi connectivity index (χ2n) is 11.9. The highest BCUT2D eigenvalue weighted by Crippen LogP contribution is 2.43. The first kappa shape index (κ1) is 31.9. The monoisotopic (exact) mass is 624 g/mol. The molecule has 0 saturated heterocycles. The third-order valence-corrected chi connectivity index (χ3v) is 12.2. The molecule has 0 aliphatic carbocycles. The summed E-state index contributed by atoms with van der Waals surface area (Å²) in [6, 6.07) is 32.4. The Labute approximate surface area is 272 Å². The summed E-state index contributed by atoms with van der Waals surface area (Å²) in [4.78, 5) is 8.16. The van der Waals surface area contributed by atoms with Gasteiger partial charge in [0.1, 0.15) is 0 Å². The molecule has 0 aliphatic heterocycles. The van der Waals surface area contributed by atoms with E-state index in [2.05, 4.69) is 98.8 Å². The average molecular weight is 625 g/mol. The molecular formula is C40H48S3. The quantitative estimate of drug-likeness (QED) is 0.0851. The first-order chi connectivity index (χ1) is 21.2. The molecule has 0 spiro atoms. The summed E-state index contributed by atoms with van der Waals surface area (Å²) < 4.78 is 0. The molecule has 226 valence electrons. The van der Waals surface area contributed by atoms with Crippen LogP contribution in [0.5, 0.6) is 0 Å². The van der Waals surface area contributed by atoms with Crippen LogP contribution in [0.15, 0.2) is 84.9 Å². The molecule has 0 radical (unpaired) electrons. The van der Waals surface area contributed by atoms with E-state index in [1.807, 2.05) is 34.0 Å². The fourth-order valence-electron chi connectivity index (χ4n) is 5.74. The van der Waals surface area contributed by atoms with Crippen LogP contribution in [-0.2, 0) is 12.8 Å². The Balaban J connectivity index is 1.14. The standard InChI is InChI=1S/C40H48S3/c1-3-5-7-9-11-13-15-31-17-21-33(22-18-31)35-25-27-37(41-35)39-29-30-40(43-39)38-28-26-36(42-38)34-23-19-32(20-24-34)16-14-12-10-8-6-4-2/h17-30H,3-16H2,1-2H3. The topological polar surface area (TPSA) is 0 Å². The van der Waals surface area contributed by atoms with Crippen molar-refractivity contribution in [3.63, 3.8) is 0 Å². The van der Waals surface area contributed by atoms with Gasteiger partial charge in [0.2, 0.25) is 0 Å². The van der Waals surface area contributed by atoms with E-state index in [1.54, 1.807) is 0 Å². The zero-order valence-electron chi connectivity index (χ0n) is 26.2. The molecule has 0 amide bonds. The molecule has 3 heterocycles. The predicted molar refractivity (Wildman–Crippen MR) is 196 cm³/mol. The Morgan fingerprint density at radius 2 is 0.628 bits per heavy atom. The van der Waals surface area contributed by atoms with E-state index >= 15 is 0 Å². The molecule has 0 unspecified atom stereocenters. The van der Waals surface area contributed by atoms with Crippen molar-refractivity contribution >= 4 is 34.0 Å². The van der Waals surface area contributed by atoms with Crippen molar-refractivity contribution in [3.05, 3.63) is 96.1 Å². The van der Waals surface area contributed by atoms with E-state index in [0.717, 1.165) is 0 Å². The third-order valence-electron chi connectivity index (χ3n) is 8.42. The molecule has 0 atom stereocenters. The molecule has 5 rings (SSSR count). The van der Waals surface area contributed by atoms with Crippen molar-refractivity contribution in [3.8, 4) is 40.4 Å². The fourth-order valence-corrected chi connectivity index (χ4v) is 8.95. The van der Waals surface area contributed by atoms with Gasteiger partial charge in [0.25, 0.3) is 0 Å². The van der Waals surface area contributed by atoms with Crippen molar-refractivity contribution < 1.29 is 0 Å². The normalized spacial score (nSPS) is 11.4. The van der Waals surface area contributed by atoms with Crippen LogP contribution in [0.1, 0.15) is 102 Å². The second-order valence-corrected chi connectivity index (χ2v) is 15.2. The van der Waals surface area contributed by atoms with E-state index in [4.69, 9.17) is 0 Å². The SMILES string of the molecule is CCCCCCCCc1ccc(-c2ccc(-c3ccc(-c4ccc(-c5ccc(CCCCCCCC)cc5)s4)s3)s2)cc1. The molecule has 3 aromatic heterocycles. The van der Waals surface area contributed by atoms with Gasteiger partial charge in [0.05, 0.1) is 0 Å². The zero-order valence-corrected chi connectivity index (χ0v) is 28.7. The molecule has 0 aliphatic rings. The van der Waals surface area contributed by atoms with E-state index in [-0.39, 0.29) is 0 Å². The minimum absolute atomic E-state index is 1.20. The number of thiophene rings is 3. The molecule has 0 nitrogen and oxygen atoms in total. The van der Waals surface area contributed by atoms with E-state index in [1.165, 1.54) is 141 Å². The van der Waals surface area contributed by atoms with E-state index in [9.17, 15) is 0 Å². The minimum Gasteiger partial charge on any atom is -0.134 e. The minimum atomic E-state index is 1.20. The summed E-state index contributed by atoms with van der Waals surface area (Å²) in [5, 5.41) is 0. The molecule has 2 aromatic carbocycles. The second kappa shape index (κ2) is 17.1. The van der Waals surface area contributed by atoms with Gasteiger partial charge in [0.15, 0.2) is 0 Å². The Hall–Kier alpha value is -2.46. The predicted octanol–water partition coefficient (Wildman–Crippen LogP) is 14.3. The van der Waals surface area contributed by atoms with Crippen LogP contribution in [0.25, 0.3) is 40.4 Å². The fraction of sp³-hybridized carbons (Fsp3) is 0.400. The summed E-state index contributed by atoms with van der Waals surface area (Å²) in [5.41, 5.74) is 5.61. The Kier molecular flexibility index (Phi) is 12.7. The van der Waals surface area contributed by atoms with Crippen molar-refractivity contribution in [1.29, 1.82) is 0 Å². The molecule has 0 bridgehead atoms. The van der Waals surface area contributed by atoms with Crippen LogP contribution in [0.2, 0.25) is 0 Å². The van der Waals surface area contributed by atoms with Gasteiger partial charge in [0, 0.05) is 29.3 Å². The number of benzene rings is 2. The lowest BCUT2D eigenvalue weighted by Crippen LogP contribution is -1.86. The Bertz CT molecular complexity index is 1370. The molecule has 43 heavy (non-hydrogen) atoms. The van der Waals surface area contributed by atoms with Crippen LogP contribution in [0.4, 0.5) is 0 Å². The lowest BCUT2D eigenvalue weighted by molar-refractivity contribution is 0.607. The van der Waals surface area contributed by atoms with Crippen molar-refractivity contribution in [1.82, 2.24) is 0 Å². The summed E-state index contributed by atoms with van der Waals surface area (Å²) >= 11 is 5.73. The number of hydrogen-bond donors (Lipinski definition) is 0. The van der Waals surface area contributed by atoms with Gasteiger partial charge in [-0.1, -0.05) is 127 Å². The van der Waals surface area contributed by atoms with Gasteiger partial charge in [-0.3, -0.25) is 0 Å². The lowest BCUT2D eigenvalue weighted by Gasteiger charge is -2.04. The van der Waals surface area contributed by atoms with Gasteiger partial charge in [-0.15, -0.1) is 34.0 Å². The summed E-state index contributed by atoms with van der Waals surface area (Å²) in [5.74, 6) is 0. The number of aryl methyl sites for hydroxylation is 2. The first-order valence-corrected chi connectivity index (χ1v) is 19.2. The van der Waals surface area contributed by atoms with Crippen LogP contribution < -0.4 is 0 Å². The van der Waals surface area contributed by atoms with Gasteiger partial charge < -0.3 is 0 Å². The highest BCUT2D eigenvalue weighted by molar-refractivity contribution is 7.27. The summed E-state index contributed by atoms with van der Waals surface area (Å²) in [6.45, 7) is 4.57. The number of hydrogen-bond acceptors (Lipinski definition) is 3. The van der Waals surface area contributed by atoms with Crippen LogP contribution >= 0.6 is 34.0 Å². The van der Waals surface area contributed by atoms with Crippen LogP contribution in [-0.4, -0.2) is 0 Å². The maximum atomic E-state index is 2.33. The van der Waals surface area contributed by atoms with Crippen molar-refractivity contribution in [2.75, 3.05) is 0 Å². The third kappa shape index (κ3) is 9.51. The molecule has 5 aromatic rings. The smallest absolute Gasteiger partial charge is 0.0449 e. The molecule has 0 N–H and O–H groups in total. The van der Waals surface area contributed by atoms with E-state index in [0.29, 0.717) is 0 Å². The van der Waals surface area contributed by atoms with Crippen molar-refractivity contribution in [2.45, 2.75) is 104 Å². The molecule has 0 fully saturated rings.